The fourth-order valence-electron chi connectivity index (χ4n) is 3.92. The van der Waals surface area contributed by atoms with Crippen LogP contribution in [0.4, 0.5) is 0 Å². The number of ether oxygens (including phenoxy) is 1. The number of rotatable bonds is 6. The monoisotopic (exact) mass is 485 g/mol. The summed E-state index contributed by atoms with van der Waals surface area (Å²) in [5.74, 6) is 6.61. The zero-order valence-corrected chi connectivity index (χ0v) is 21.4. The number of likely N-dealkylation sites (N-methyl/N-ethyl adjacent to an activating group) is 1. The van der Waals surface area contributed by atoms with Crippen LogP contribution in [0.2, 0.25) is 0 Å². The van der Waals surface area contributed by atoms with Crippen LogP contribution in [0.3, 0.4) is 0 Å². The average Bonchev–Trinajstić information content (AvgIpc) is 2.80. The van der Waals surface area contributed by atoms with Gasteiger partial charge in [-0.15, -0.1) is 0 Å². The van der Waals surface area contributed by atoms with Gasteiger partial charge in [-0.05, 0) is 43.8 Å². The zero-order valence-electron chi connectivity index (χ0n) is 20.6. The summed E-state index contributed by atoms with van der Waals surface area (Å²) in [5.41, 5.74) is 1.80. The van der Waals surface area contributed by atoms with Gasteiger partial charge in [0.15, 0.2) is 0 Å². The van der Waals surface area contributed by atoms with E-state index in [2.05, 4.69) is 21.7 Å². The molecule has 1 aromatic heterocycles. The normalized spacial score (nSPS) is 21.1. The molecule has 0 bridgehead atoms. The number of aliphatic hydroxyl groups is 1. The van der Waals surface area contributed by atoms with Gasteiger partial charge in [0, 0.05) is 55.5 Å². The van der Waals surface area contributed by atoms with E-state index in [0.29, 0.717) is 24.4 Å². The second-order valence-electron chi connectivity index (χ2n) is 9.38. The Morgan fingerprint density at radius 3 is 2.71 bits per heavy atom. The molecule has 1 aliphatic heterocycles. The molecule has 2 heterocycles. The summed E-state index contributed by atoms with van der Waals surface area (Å²) in [6.45, 7) is 9.01. The third-order valence-electron chi connectivity index (χ3n) is 5.84. The highest BCUT2D eigenvalue weighted by atomic mass is 32.2. The van der Waals surface area contributed by atoms with Crippen molar-refractivity contribution >= 4 is 10.0 Å². The molecule has 34 heavy (non-hydrogen) atoms. The van der Waals surface area contributed by atoms with Gasteiger partial charge in [0.2, 0.25) is 10.0 Å². The Labute approximate surface area is 203 Å². The zero-order chi connectivity index (χ0) is 24.9. The van der Waals surface area contributed by atoms with Crippen LogP contribution in [0.1, 0.15) is 38.8 Å². The van der Waals surface area contributed by atoms with Crippen molar-refractivity contribution in [1.29, 1.82) is 0 Å². The molecular weight excluding hydrogens is 450 g/mol. The lowest BCUT2D eigenvalue weighted by molar-refractivity contribution is 0.0733. The lowest BCUT2D eigenvalue weighted by atomic mass is 10.0. The molecular formula is C26H35N3O4S. The first-order valence-corrected chi connectivity index (χ1v) is 13.1. The minimum Gasteiger partial charge on any atom is -0.487 e. The van der Waals surface area contributed by atoms with Gasteiger partial charge >= 0.3 is 0 Å². The van der Waals surface area contributed by atoms with E-state index in [1.165, 1.54) is 4.31 Å². The molecule has 1 aromatic carbocycles. The van der Waals surface area contributed by atoms with Crippen molar-refractivity contribution in [2.24, 2.45) is 11.8 Å². The van der Waals surface area contributed by atoms with Crippen molar-refractivity contribution < 1.29 is 18.3 Å². The Kier molecular flexibility index (Phi) is 8.72. The minimum atomic E-state index is -3.86. The van der Waals surface area contributed by atoms with E-state index in [1.807, 2.05) is 46.1 Å². The predicted molar refractivity (Wildman–Crippen MR) is 133 cm³/mol. The lowest BCUT2D eigenvalue weighted by Gasteiger charge is -2.37. The molecule has 184 valence electrons. The summed E-state index contributed by atoms with van der Waals surface area (Å²) in [7, 11) is -1.85. The van der Waals surface area contributed by atoms with Crippen LogP contribution >= 0.6 is 0 Å². The molecule has 0 fully saturated rings. The number of benzene rings is 1. The molecule has 0 amide bonds. The van der Waals surface area contributed by atoms with E-state index in [9.17, 15) is 13.5 Å². The standard InChI is InChI=1S/C26H35N3O4S/c1-19(2)8-9-22-10-11-26-24(13-22)33-25(17-28(5)16-23-7-6-12-27-14-23)20(3)15-29(21(4)18-30)34(26,31)32/h6-7,10-14,19-21,25,30H,15-18H2,1-5H3/t20-,21-,25-/m1/s1. The molecule has 2 aromatic rings. The van der Waals surface area contributed by atoms with Gasteiger partial charge in [0.05, 0.1) is 6.61 Å². The summed E-state index contributed by atoms with van der Waals surface area (Å²) in [4.78, 5) is 6.44. The maximum absolute atomic E-state index is 13.6. The predicted octanol–water partition coefficient (Wildman–Crippen LogP) is 2.99. The third-order valence-corrected chi connectivity index (χ3v) is 7.86. The Balaban J connectivity index is 1.99. The fraction of sp³-hybridized carbons (Fsp3) is 0.500. The van der Waals surface area contributed by atoms with Crippen molar-refractivity contribution in [2.75, 3.05) is 26.7 Å². The van der Waals surface area contributed by atoms with E-state index in [1.54, 1.807) is 31.3 Å². The first-order chi connectivity index (χ1) is 16.1. The van der Waals surface area contributed by atoms with Crippen molar-refractivity contribution in [1.82, 2.24) is 14.2 Å². The molecule has 3 rings (SSSR count). The van der Waals surface area contributed by atoms with E-state index >= 15 is 0 Å². The molecule has 0 radical (unpaired) electrons. The number of fused-ring (bicyclic) bond motifs is 1. The Bertz CT molecular complexity index is 1130. The number of hydrogen-bond donors (Lipinski definition) is 1. The summed E-state index contributed by atoms with van der Waals surface area (Å²) >= 11 is 0. The van der Waals surface area contributed by atoms with Crippen LogP contribution in [0.15, 0.2) is 47.6 Å². The molecule has 0 spiro atoms. The highest BCUT2D eigenvalue weighted by Gasteiger charge is 2.38. The topological polar surface area (TPSA) is 83.0 Å². The quantitative estimate of drug-likeness (QED) is 0.634. The lowest BCUT2D eigenvalue weighted by Crippen LogP contribution is -2.49. The molecule has 0 aliphatic carbocycles. The SMILES string of the molecule is CC(C)C#Cc1ccc2c(c1)O[C@H](CN(C)Cc1cccnc1)[C@H](C)CN([C@H](C)CO)S2(=O)=O. The second-order valence-corrected chi connectivity index (χ2v) is 11.2. The number of sulfonamides is 1. The van der Waals surface area contributed by atoms with E-state index in [0.717, 1.165) is 5.56 Å². The molecule has 0 saturated carbocycles. The number of aliphatic hydroxyl groups excluding tert-OH is 1. The first kappa shape index (κ1) is 26.2. The smallest absolute Gasteiger partial charge is 0.247 e. The second kappa shape index (κ2) is 11.3. The van der Waals surface area contributed by atoms with Crippen LogP contribution in [-0.2, 0) is 16.6 Å². The first-order valence-electron chi connectivity index (χ1n) is 11.6. The van der Waals surface area contributed by atoms with Crippen LogP contribution in [-0.4, -0.2) is 66.6 Å². The van der Waals surface area contributed by atoms with Gasteiger partial charge in [0.25, 0.3) is 0 Å². The molecule has 0 saturated heterocycles. The van der Waals surface area contributed by atoms with Crippen LogP contribution in [0.5, 0.6) is 5.75 Å². The average molecular weight is 486 g/mol. The largest absolute Gasteiger partial charge is 0.487 e. The minimum absolute atomic E-state index is 0.106. The molecule has 1 N–H and O–H groups in total. The van der Waals surface area contributed by atoms with Crippen molar-refractivity contribution in [3.8, 4) is 17.6 Å². The maximum atomic E-state index is 13.6. The Morgan fingerprint density at radius 1 is 1.29 bits per heavy atom. The number of nitrogens with zero attached hydrogens (tertiary/aromatic N) is 3. The van der Waals surface area contributed by atoms with Gasteiger partial charge in [-0.3, -0.25) is 9.88 Å². The summed E-state index contributed by atoms with van der Waals surface area (Å²) < 4.78 is 34.9. The number of pyridine rings is 1. The van der Waals surface area contributed by atoms with Crippen molar-refractivity contribution in [3.05, 3.63) is 53.9 Å². The van der Waals surface area contributed by atoms with E-state index in [4.69, 9.17) is 4.74 Å². The van der Waals surface area contributed by atoms with Gasteiger partial charge in [-0.1, -0.05) is 38.7 Å². The molecule has 0 unspecified atom stereocenters. The number of aromatic nitrogens is 1. The van der Waals surface area contributed by atoms with Crippen LogP contribution in [0, 0.1) is 23.7 Å². The molecule has 8 heteroatoms. The van der Waals surface area contributed by atoms with Gasteiger partial charge in [-0.25, -0.2) is 8.42 Å². The highest BCUT2D eigenvalue weighted by Crippen LogP contribution is 2.34. The van der Waals surface area contributed by atoms with Crippen LogP contribution < -0.4 is 4.74 Å². The maximum Gasteiger partial charge on any atom is 0.247 e. The fourth-order valence-corrected chi connectivity index (χ4v) is 5.75. The van der Waals surface area contributed by atoms with Crippen LogP contribution in [0.25, 0.3) is 0 Å². The summed E-state index contributed by atoms with van der Waals surface area (Å²) in [5, 5.41) is 9.79. The third kappa shape index (κ3) is 6.36. The van der Waals surface area contributed by atoms with Gasteiger partial charge in [0.1, 0.15) is 16.7 Å². The molecule has 7 nitrogen and oxygen atoms in total. The molecule has 1 aliphatic rings. The van der Waals surface area contributed by atoms with Gasteiger partial charge in [-0.2, -0.15) is 4.31 Å². The van der Waals surface area contributed by atoms with Gasteiger partial charge < -0.3 is 9.84 Å². The highest BCUT2D eigenvalue weighted by molar-refractivity contribution is 7.89. The van der Waals surface area contributed by atoms with E-state index < -0.39 is 16.1 Å². The Morgan fingerprint density at radius 2 is 2.06 bits per heavy atom. The van der Waals surface area contributed by atoms with Crippen molar-refractivity contribution in [3.63, 3.8) is 0 Å². The van der Waals surface area contributed by atoms with Crippen molar-refractivity contribution in [2.45, 2.75) is 51.3 Å². The number of hydrogen-bond acceptors (Lipinski definition) is 6. The summed E-state index contributed by atoms with van der Waals surface area (Å²) in [6.07, 6.45) is 3.32. The van der Waals surface area contributed by atoms with E-state index in [-0.39, 0.29) is 36.0 Å². The molecule has 3 atom stereocenters. The Hall–Kier alpha value is -2.44. The summed E-state index contributed by atoms with van der Waals surface area (Å²) in [6, 6.07) is 8.39.